The van der Waals surface area contributed by atoms with Gasteiger partial charge in [-0.15, -0.1) is 23.2 Å². The van der Waals surface area contributed by atoms with E-state index >= 15 is 0 Å². The molecule has 0 rings (SSSR count). The molecule has 0 aliphatic rings. The summed E-state index contributed by atoms with van der Waals surface area (Å²) < 4.78 is 12.7. The first-order chi connectivity index (χ1) is 4.66. The van der Waals surface area contributed by atoms with Crippen LogP contribution in [0.5, 0.6) is 0 Å². The number of unbranched alkanes of at least 4 members (excludes halogenated alkanes) is 1. The molecule has 0 spiro atoms. The van der Waals surface area contributed by atoms with Gasteiger partial charge in [0.15, 0.2) is 0 Å². The van der Waals surface area contributed by atoms with E-state index < -0.39 is 11.0 Å². The highest BCUT2D eigenvalue weighted by atomic mass is 35.5. The predicted molar refractivity (Wildman–Crippen MR) is 44.5 cm³/mol. The van der Waals surface area contributed by atoms with Crippen molar-refractivity contribution in [3.63, 3.8) is 0 Å². The fraction of sp³-hybridized carbons (Fsp3) is 1.00. The maximum atomic E-state index is 12.7. The first kappa shape index (κ1) is 10.5. The monoisotopic (exact) mass is 186 g/mol. The van der Waals surface area contributed by atoms with Crippen LogP contribution in [-0.2, 0) is 0 Å². The Morgan fingerprint density at radius 2 is 2.00 bits per heavy atom. The molecule has 1 unspecified atom stereocenters. The Balaban J connectivity index is 3.16. The molecule has 3 heteroatoms. The molecule has 0 aromatic carbocycles. The predicted octanol–water partition coefficient (Wildman–Crippen LogP) is 3.71. The molecule has 0 N–H and O–H groups in total. The van der Waals surface area contributed by atoms with Gasteiger partial charge in [0.25, 0.3) is 0 Å². The Hall–Kier alpha value is 0.510. The summed E-state index contributed by atoms with van der Waals surface area (Å²) in [7, 11) is 0. The quantitative estimate of drug-likeness (QED) is 0.575. The summed E-state index contributed by atoms with van der Waals surface area (Å²) in [5.41, 5.74) is 0. The van der Waals surface area contributed by atoms with E-state index in [0.717, 1.165) is 12.8 Å². The average molecular weight is 187 g/mol. The lowest BCUT2D eigenvalue weighted by Crippen LogP contribution is -2.04. The number of halogens is 3. The molecule has 0 saturated carbocycles. The number of alkyl halides is 3. The minimum Gasteiger partial charge on any atom is -0.247 e. The van der Waals surface area contributed by atoms with E-state index in [1.807, 2.05) is 6.92 Å². The van der Waals surface area contributed by atoms with Gasteiger partial charge >= 0.3 is 0 Å². The van der Waals surface area contributed by atoms with Crippen LogP contribution in [0.2, 0.25) is 0 Å². The highest BCUT2D eigenvalue weighted by molar-refractivity contribution is 6.44. The molecule has 0 nitrogen and oxygen atoms in total. The van der Waals surface area contributed by atoms with Crippen molar-refractivity contribution in [2.24, 2.45) is 0 Å². The highest BCUT2D eigenvalue weighted by Gasteiger charge is 2.09. The molecule has 0 saturated heterocycles. The normalized spacial score (nSPS) is 14.1. The maximum Gasteiger partial charge on any atom is 0.110 e. The molecule has 62 valence electrons. The number of rotatable bonds is 5. The van der Waals surface area contributed by atoms with E-state index in [1.165, 1.54) is 0 Å². The summed E-state index contributed by atoms with van der Waals surface area (Å²) in [6.07, 6.45) is 1.98. The average Bonchev–Trinajstić information content (AvgIpc) is 1.82. The van der Waals surface area contributed by atoms with E-state index in [9.17, 15) is 4.39 Å². The second kappa shape index (κ2) is 6.23. The SMILES string of the molecule is CCCCC(F)CC(Cl)Cl. The summed E-state index contributed by atoms with van der Waals surface area (Å²) in [6.45, 7) is 2.03. The van der Waals surface area contributed by atoms with Crippen LogP contribution in [0.25, 0.3) is 0 Å². The van der Waals surface area contributed by atoms with Crippen molar-refractivity contribution in [2.75, 3.05) is 0 Å². The van der Waals surface area contributed by atoms with Gasteiger partial charge in [-0.2, -0.15) is 0 Å². The Morgan fingerprint density at radius 1 is 1.40 bits per heavy atom. The fourth-order valence-electron chi connectivity index (χ4n) is 0.737. The Kier molecular flexibility index (Phi) is 6.55. The zero-order chi connectivity index (χ0) is 7.98. The summed E-state index contributed by atoms with van der Waals surface area (Å²) in [6, 6.07) is 0. The Labute approximate surface area is 71.7 Å². The summed E-state index contributed by atoms with van der Waals surface area (Å²) in [4.78, 5) is -0.549. The van der Waals surface area contributed by atoms with Gasteiger partial charge in [0.05, 0.1) is 0 Å². The van der Waals surface area contributed by atoms with Gasteiger partial charge in [0, 0.05) is 6.42 Å². The molecule has 0 amide bonds. The van der Waals surface area contributed by atoms with Crippen LogP contribution < -0.4 is 0 Å². The standard InChI is InChI=1S/C7H13Cl2F/c1-2-3-4-6(10)5-7(8)9/h6-7H,2-5H2,1H3. The summed E-state index contributed by atoms with van der Waals surface area (Å²) in [5.74, 6) is 0. The van der Waals surface area contributed by atoms with Gasteiger partial charge in [0.1, 0.15) is 11.0 Å². The largest absolute Gasteiger partial charge is 0.247 e. The van der Waals surface area contributed by atoms with Crippen LogP contribution >= 0.6 is 23.2 Å². The third-order valence-corrected chi connectivity index (χ3v) is 1.66. The molecule has 0 heterocycles. The Morgan fingerprint density at radius 3 is 2.40 bits per heavy atom. The molecule has 0 aromatic rings. The smallest absolute Gasteiger partial charge is 0.110 e. The minimum absolute atomic E-state index is 0.267. The Bertz CT molecular complexity index is 76.0. The van der Waals surface area contributed by atoms with Crippen LogP contribution in [0.4, 0.5) is 4.39 Å². The van der Waals surface area contributed by atoms with Gasteiger partial charge in [-0.25, -0.2) is 4.39 Å². The van der Waals surface area contributed by atoms with Crippen LogP contribution in [0.1, 0.15) is 32.6 Å². The molecule has 0 fully saturated rings. The van der Waals surface area contributed by atoms with Gasteiger partial charge in [0.2, 0.25) is 0 Å². The van der Waals surface area contributed by atoms with Crippen LogP contribution in [0.3, 0.4) is 0 Å². The summed E-state index contributed by atoms with van der Waals surface area (Å²) in [5, 5.41) is 0. The lowest BCUT2D eigenvalue weighted by Gasteiger charge is -2.06. The second-order valence-electron chi connectivity index (χ2n) is 2.37. The summed E-state index contributed by atoms with van der Waals surface area (Å²) >= 11 is 10.8. The fourth-order valence-corrected chi connectivity index (χ4v) is 1.12. The van der Waals surface area contributed by atoms with Crippen molar-refractivity contribution in [1.29, 1.82) is 0 Å². The number of hydrogen-bond donors (Lipinski definition) is 0. The first-order valence-corrected chi connectivity index (χ1v) is 4.46. The molecule has 0 bridgehead atoms. The molecule has 0 radical (unpaired) electrons. The molecular formula is C7H13Cl2F. The van der Waals surface area contributed by atoms with Crippen molar-refractivity contribution < 1.29 is 4.39 Å². The molecular weight excluding hydrogens is 174 g/mol. The molecule has 0 aliphatic heterocycles. The second-order valence-corrected chi connectivity index (χ2v) is 3.64. The highest BCUT2D eigenvalue weighted by Crippen LogP contribution is 2.16. The van der Waals surface area contributed by atoms with E-state index in [-0.39, 0.29) is 6.42 Å². The van der Waals surface area contributed by atoms with Crippen LogP contribution in [-0.4, -0.2) is 11.0 Å². The lowest BCUT2D eigenvalue weighted by atomic mass is 10.1. The van der Waals surface area contributed by atoms with Crippen molar-refractivity contribution in [3.05, 3.63) is 0 Å². The van der Waals surface area contributed by atoms with E-state index in [4.69, 9.17) is 23.2 Å². The minimum atomic E-state index is -0.819. The van der Waals surface area contributed by atoms with E-state index in [2.05, 4.69) is 0 Å². The van der Waals surface area contributed by atoms with Crippen molar-refractivity contribution in [2.45, 2.75) is 43.6 Å². The maximum absolute atomic E-state index is 12.7. The van der Waals surface area contributed by atoms with Crippen molar-refractivity contribution >= 4 is 23.2 Å². The van der Waals surface area contributed by atoms with Crippen molar-refractivity contribution in [3.8, 4) is 0 Å². The lowest BCUT2D eigenvalue weighted by molar-refractivity contribution is 0.296. The van der Waals surface area contributed by atoms with E-state index in [0.29, 0.717) is 6.42 Å². The molecule has 1 atom stereocenters. The van der Waals surface area contributed by atoms with E-state index in [1.54, 1.807) is 0 Å². The van der Waals surface area contributed by atoms with Crippen LogP contribution in [0.15, 0.2) is 0 Å². The zero-order valence-electron chi connectivity index (χ0n) is 6.12. The molecule has 0 aromatic heterocycles. The zero-order valence-corrected chi connectivity index (χ0v) is 7.63. The molecule has 0 aliphatic carbocycles. The number of hydrogen-bond acceptors (Lipinski definition) is 0. The first-order valence-electron chi connectivity index (χ1n) is 3.59. The molecule has 10 heavy (non-hydrogen) atoms. The van der Waals surface area contributed by atoms with Crippen molar-refractivity contribution in [1.82, 2.24) is 0 Å². The van der Waals surface area contributed by atoms with Crippen LogP contribution in [0, 0.1) is 0 Å². The topological polar surface area (TPSA) is 0 Å². The third-order valence-electron chi connectivity index (χ3n) is 1.30. The van der Waals surface area contributed by atoms with Gasteiger partial charge in [-0.05, 0) is 6.42 Å². The van der Waals surface area contributed by atoms with Gasteiger partial charge in [-0.1, -0.05) is 19.8 Å². The third kappa shape index (κ3) is 6.63. The van der Waals surface area contributed by atoms with Gasteiger partial charge < -0.3 is 0 Å². The van der Waals surface area contributed by atoms with Gasteiger partial charge in [-0.3, -0.25) is 0 Å².